The number of aromatic nitrogens is 1. The number of carbonyl (C=O) groups is 1. The van der Waals surface area contributed by atoms with Gasteiger partial charge in [-0.3, -0.25) is 4.79 Å². The van der Waals surface area contributed by atoms with E-state index in [1.165, 1.54) is 0 Å². The largest absolute Gasteiger partial charge is 0.380 e. The van der Waals surface area contributed by atoms with Crippen molar-refractivity contribution in [2.45, 2.75) is 51.2 Å². The van der Waals surface area contributed by atoms with Crippen LogP contribution in [-0.2, 0) is 4.79 Å². The van der Waals surface area contributed by atoms with Gasteiger partial charge in [0.1, 0.15) is 11.4 Å². The van der Waals surface area contributed by atoms with Crippen molar-refractivity contribution < 1.29 is 9.90 Å². The molecule has 1 aromatic rings. The van der Waals surface area contributed by atoms with Gasteiger partial charge in [-0.25, -0.2) is 4.98 Å². The summed E-state index contributed by atoms with van der Waals surface area (Å²) in [5, 5.41) is 13.3. The van der Waals surface area contributed by atoms with Crippen LogP contribution in [0.2, 0.25) is 0 Å². The zero-order valence-electron chi connectivity index (χ0n) is 13.4. The number of aryl methyl sites for hydroxylation is 1. The summed E-state index contributed by atoms with van der Waals surface area (Å²) in [6.07, 6.45) is 5.58. The normalized spacial score (nSPS) is 22.2. The number of piperidine rings is 1. The quantitative estimate of drug-likeness (QED) is 0.887. The van der Waals surface area contributed by atoms with Crippen LogP contribution in [0.25, 0.3) is 0 Å². The first-order chi connectivity index (χ1) is 10.5. The first kappa shape index (κ1) is 15.3. The van der Waals surface area contributed by atoms with Crippen LogP contribution in [0.15, 0.2) is 18.3 Å². The Kier molecular flexibility index (Phi) is 4.08. The van der Waals surface area contributed by atoms with Crippen molar-refractivity contribution in [3.05, 3.63) is 23.9 Å². The van der Waals surface area contributed by atoms with E-state index < -0.39 is 5.60 Å². The van der Waals surface area contributed by atoms with Crippen molar-refractivity contribution in [3.63, 3.8) is 0 Å². The number of rotatable bonds is 4. The molecule has 2 fully saturated rings. The monoisotopic (exact) mass is 303 g/mol. The Morgan fingerprint density at radius 1 is 1.32 bits per heavy atom. The summed E-state index contributed by atoms with van der Waals surface area (Å²) in [7, 11) is 0. The van der Waals surface area contributed by atoms with Gasteiger partial charge < -0.3 is 15.3 Å². The van der Waals surface area contributed by atoms with Crippen molar-refractivity contribution in [2.24, 2.45) is 5.92 Å². The average molecular weight is 303 g/mol. The second-order valence-corrected chi connectivity index (χ2v) is 6.85. The van der Waals surface area contributed by atoms with Crippen molar-refractivity contribution in [3.8, 4) is 0 Å². The van der Waals surface area contributed by atoms with E-state index in [2.05, 4.69) is 21.3 Å². The maximum Gasteiger partial charge on any atom is 0.252 e. The van der Waals surface area contributed by atoms with Crippen molar-refractivity contribution >= 4 is 11.7 Å². The van der Waals surface area contributed by atoms with Gasteiger partial charge in [0.05, 0.1) is 0 Å². The third kappa shape index (κ3) is 3.24. The predicted octanol–water partition coefficient (Wildman–Crippen LogP) is 1.64. The Balaban J connectivity index is 1.51. The molecular formula is C17H25N3O2. The summed E-state index contributed by atoms with van der Waals surface area (Å²) in [4.78, 5) is 18.9. The highest BCUT2D eigenvalue weighted by Gasteiger charge is 2.46. The smallest absolute Gasteiger partial charge is 0.252 e. The minimum Gasteiger partial charge on any atom is -0.380 e. The van der Waals surface area contributed by atoms with E-state index in [0.29, 0.717) is 0 Å². The van der Waals surface area contributed by atoms with Gasteiger partial charge in [-0.05, 0) is 57.1 Å². The lowest BCUT2D eigenvalue weighted by Gasteiger charge is -2.34. The molecule has 2 N–H and O–H groups in total. The van der Waals surface area contributed by atoms with Crippen LogP contribution in [-0.4, -0.2) is 40.7 Å². The number of pyridine rings is 1. The Morgan fingerprint density at radius 2 is 2.00 bits per heavy atom. The molecule has 5 heteroatoms. The number of nitrogens with one attached hydrogen (secondary N) is 1. The van der Waals surface area contributed by atoms with Gasteiger partial charge in [-0.15, -0.1) is 0 Å². The van der Waals surface area contributed by atoms with Crippen molar-refractivity contribution in [1.29, 1.82) is 0 Å². The van der Waals surface area contributed by atoms with Gasteiger partial charge in [-0.2, -0.15) is 0 Å². The van der Waals surface area contributed by atoms with Gasteiger partial charge in [0.25, 0.3) is 5.91 Å². The number of hydrogen-bond acceptors (Lipinski definition) is 4. The molecule has 0 spiro atoms. The Bertz CT molecular complexity index is 529. The lowest BCUT2D eigenvalue weighted by atomic mass is 9.97. The summed E-state index contributed by atoms with van der Waals surface area (Å²) < 4.78 is 0. The van der Waals surface area contributed by atoms with Crippen LogP contribution in [0.4, 0.5) is 5.82 Å². The summed E-state index contributed by atoms with van der Waals surface area (Å²) >= 11 is 0. The molecule has 1 saturated heterocycles. The van der Waals surface area contributed by atoms with Crippen LogP contribution in [0, 0.1) is 12.8 Å². The number of nitrogens with zero attached hydrogens (tertiary/aromatic N) is 2. The van der Waals surface area contributed by atoms with Crippen LogP contribution < -0.4 is 10.2 Å². The highest BCUT2D eigenvalue weighted by Crippen LogP contribution is 2.39. The molecule has 1 aliphatic heterocycles. The number of amides is 1. The minimum absolute atomic E-state index is 0.143. The Hall–Kier alpha value is -1.62. The zero-order chi connectivity index (χ0) is 15.7. The molecule has 1 saturated carbocycles. The van der Waals surface area contributed by atoms with Crippen LogP contribution in [0.5, 0.6) is 0 Å². The van der Waals surface area contributed by atoms with Crippen LogP contribution >= 0.6 is 0 Å². The maximum absolute atomic E-state index is 12.2. The molecule has 1 amide bonds. The molecule has 0 radical (unpaired) electrons. The SMILES string of the molecule is Cc1ccc(N2CCC(NC(=O)C(C)(O)C3CC3)CC2)nc1. The number of hydrogen-bond donors (Lipinski definition) is 2. The molecule has 3 rings (SSSR count). The number of carbonyl (C=O) groups excluding carboxylic acids is 1. The standard InChI is InChI=1S/C17H25N3O2/c1-12-3-6-15(18-11-12)20-9-7-14(8-10-20)19-16(21)17(2,22)13-4-5-13/h3,6,11,13-14,22H,4-5,7-10H2,1-2H3,(H,19,21). The summed E-state index contributed by atoms with van der Waals surface area (Å²) in [5.41, 5.74) is -0.0384. The number of aliphatic hydroxyl groups is 1. The predicted molar refractivity (Wildman–Crippen MR) is 85.7 cm³/mol. The van der Waals surface area contributed by atoms with Gasteiger partial charge in [-0.1, -0.05) is 6.07 Å². The molecule has 0 bridgehead atoms. The Labute approximate surface area is 131 Å². The van der Waals surface area contributed by atoms with E-state index in [1.54, 1.807) is 6.92 Å². The van der Waals surface area contributed by atoms with Gasteiger partial charge in [0.15, 0.2) is 0 Å². The maximum atomic E-state index is 12.2. The average Bonchev–Trinajstić information content (AvgIpc) is 3.34. The van der Waals surface area contributed by atoms with E-state index in [4.69, 9.17) is 0 Å². The third-order valence-electron chi connectivity index (χ3n) is 4.88. The van der Waals surface area contributed by atoms with Crippen molar-refractivity contribution in [2.75, 3.05) is 18.0 Å². The lowest BCUT2D eigenvalue weighted by Crippen LogP contribution is -2.52. The van der Waals surface area contributed by atoms with Gasteiger partial charge in [0.2, 0.25) is 0 Å². The molecule has 2 aliphatic rings. The fourth-order valence-corrected chi connectivity index (χ4v) is 3.06. The molecule has 5 nitrogen and oxygen atoms in total. The van der Waals surface area contributed by atoms with Crippen molar-refractivity contribution in [1.82, 2.24) is 10.3 Å². The van der Waals surface area contributed by atoms with Crippen LogP contribution in [0.3, 0.4) is 0 Å². The molecule has 22 heavy (non-hydrogen) atoms. The summed E-state index contributed by atoms with van der Waals surface area (Å²) in [5.74, 6) is 0.937. The fourth-order valence-electron chi connectivity index (χ4n) is 3.06. The second-order valence-electron chi connectivity index (χ2n) is 6.85. The molecular weight excluding hydrogens is 278 g/mol. The highest BCUT2D eigenvalue weighted by molar-refractivity contribution is 5.85. The van der Waals surface area contributed by atoms with E-state index >= 15 is 0 Å². The van der Waals surface area contributed by atoms with E-state index in [1.807, 2.05) is 19.2 Å². The topological polar surface area (TPSA) is 65.5 Å². The van der Waals surface area contributed by atoms with E-state index in [9.17, 15) is 9.90 Å². The van der Waals surface area contributed by atoms with E-state index in [0.717, 1.165) is 50.2 Å². The van der Waals surface area contributed by atoms with Gasteiger partial charge >= 0.3 is 0 Å². The molecule has 1 aromatic heterocycles. The first-order valence-electron chi connectivity index (χ1n) is 8.18. The second kappa shape index (κ2) is 5.88. The molecule has 1 atom stereocenters. The number of anilines is 1. The molecule has 120 valence electrons. The summed E-state index contributed by atoms with van der Waals surface area (Å²) in [6.45, 7) is 5.44. The molecule has 2 heterocycles. The molecule has 1 aliphatic carbocycles. The van der Waals surface area contributed by atoms with Crippen LogP contribution in [0.1, 0.15) is 38.2 Å². The van der Waals surface area contributed by atoms with E-state index in [-0.39, 0.29) is 17.9 Å². The zero-order valence-corrected chi connectivity index (χ0v) is 13.4. The van der Waals surface area contributed by atoms with Gasteiger partial charge in [0, 0.05) is 25.3 Å². The first-order valence-corrected chi connectivity index (χ1v) is 8.18. The highest BCUT2D eigenvalue weighted by atomic mass is 16.3. The fraction of sp³-hybridized carbons (Fsp3) is 0.647. The minimum atomic E-state index is -1.20. The lowest BCUT2D eigenvalue weighted by molar-refractivity contribution is -0.141. The summed E-state index contributed by atoms with van der Waals surface area (Å²) in [6, 6.07) is 4.27. The molecule has 0 aromatic carbocycles. The third-order valence-corrected chi connectivity index (χ3v) is 4.88. The molecule has 1 unspecified atom stereocenters. The Morgan fingerprint density at radius 3 is 2.55 bits per heavy atom.